The third kappa shape index (κ3) is 6.52. The Kier molecular flexibility index (Phi) is 9.37. The van der Waals surface area contributed by atoms with Crippen LogP contribution in [0.5, 0.6) is 11.5 Å². The van der Waals surface area contributed by atoms with Crippen molar-refractivity contribution in [2.75, 3.05) is 27.3 Å². The highest BCUT2D eigenvalue weighted by Gasteiger charge is 2.37. The first-order valence-electron chi connectivity index (χ1n) is 13.1. The highest BCUT2D eigenvalue weighted by molar-refractivity contribution is 5.90. The van der Waals surface area contributed by atoms with Crippen LogP contribution in [0.3, 0.4) is 0 Å². The number of nitrogens with zero attached hydrogens (tertiary/aromatic N) is 2. The smallest absolute Gasteiger partial charge is 0.242 e. The molecule has 38 heavy (non-hydrogen) atoms. The van der Waals surface area contributed by atoms with Crippen molar-refractivity contribution in [2.45, 2.75) is 50.1 Å². The van der Waals surface area contributed by atoms with Crippen molar-refractivity contribution in [3.05, 3.63) is 77.9 Å². The first-order valence-corrected chi connectivity index (χ1v) is 13.1. The molecule has 3 aromatic rings. The van der Waals surface area contributed by atoms with Gasteiger partial charge in [-0.05, 0) is 67.5 Å². The number of H-pyrrole nitrogens is 1. The Morgan fingerprint density at radius 2 is 1.68 bits per heavy atom. The SMILES string of the molecule is COc1ccc(C(c2ccc(OC)cc2)[C@@H](N)C(=O)N2CCCC[C@H]2C(=O)NCCCc2cnc[nH]2)cc1. The molecule has 1 saturated heterocycles. The van der Waals surface area contributed by atoms with Gasteiger partial charge in [0.05, 0.1) is 26.6 Å². The lowest BCUT2D eigenvalue weighted by Crippen LogP contribution is -2.57. The fourth-order valence-electron chi connectivity index (χ4n) is 5.06. The summed E-state index contributed by atoms with van der Waals surface area (Å²) in [5.41, 5.74) is 9.57. The van der Waals surface area contributed by atoms with E-state index < -0.39 is 18.0 Å². The number of imidazole rings is 1. The summed E-state index contributed by atoms with van der Waals surface area (Å²) < 4.78 is 10.6. The summed E-state index contributed by atoms with van der Waals surface area (Å²) in [4.78, 5) is 35.8. The molecule has 1 aliphatic rings. The van der Waals surface area contributed by atoms with Crippen LogP contribution in [0, 0.1) is 0 Å². The molecule has 0 radical (unpaired) electrons. The molecule has 9 nitrogen and oxygen atoms in total. The van der Waals surface area contributed by atoms with Crippen molar-refractivity contribution in [3.8, 4) is 11.5 Å². The average Bonchev–Trinajstić information content (AvgIpc) is 3.49. The van der Waals surface area contributed by atoms with E-state index in [-0.39, 0.29) is 11.8 Å². The molecule has 0 aliphatic carbocycles. The van der Waals surface area contributed by atoms with E-state index in [1.165, 1.54) is 0 Å². The van der Waals surface area contributed by atoms with E-state index >= 15 is 0 Å². The fourth-order valence-corrected chi connectivity index (χ4v) is 5.06. The normalized spacial score (nSPS) is 16.2. The lowest BCUT2D eigenvalue weighted by molar-refractivity contribution is -0.143. The Morgan fingerprint density at radius 1 is 1.05 bits per heavy atom. The topological polar surface area (TPSA) is 123 Å². The van der Waals surface area contributed by atoms with E-state index in [1.54, 1.807) is 31.6 Å². The summed E-state index contributed by atoms with van der Waals surface area (Å²) in [6, 6.07) is 13.8. The number of hydrogen-bond donors (Lipinski definition) is 3. The van der Waals surface area contributed by atoms with Crippen molar-refractivity contribution in [2.24, 2.45) is 5.73 Å². The number of nitrogens with two attached hydrogens (primary N) is 1. The number of rotatable bonds is 11. The summed E-state index contributed by atoms with van der Waals surface area (Å²) in [7, 11) is 3.23. The number of carbonyl (C=O) groups is 2. The number of benzene rings is 2. The van der Waals surface area contributed by atoms with Crippen molar-refractivity contribution in [3.63, 3.8) is 0 Å². The van der Waals surface area contributed by atoms with E-state index in [1.807, 2.05) is 48.5 Å². The van der Waals surface area contributed by atoms with Crippen molar-refractivity contribution in [1.82, 2.24) is 20.2 Å². The molecular weight excluding hydrogens is 482 g/mol. The minimum atomic E-state index is -0.870. The number of aryl methyl sites for hydroxylation is 1. The molecule has 1 aromatic heterocycles. The molecule has 9 heteroatoms. The van der Waals surface area contributed by atoms with Gasteiger partial charge in [0.25, 0.3) is 0 Å². The number of nitrogens with one attached hydrogen (secondary N) is 2. The van der Waals surface area contributed by atoms with E-state index in [2.05, 4.69) is 15.3 Å². The second-order valence-corrected chi connectivity index (χ2v) is 9.56. The van der Waals surface area contributed by atoms with Crippen LogP contribution in [0.1, 0.15) is 48.4 Å². The molecule has 1 aliphatic heterocycles. The number of piperidine rings is 1. The maximum atomic E-state index is 13.9. The molecule has 0 saturated carbocycles. The Morgan fingerprint density at radius 3 is 2.24 bits per heavy atom. The molecule has 1 fully saturated rings. The largest absolute Gasteiger partial charge is 0.497 e. The highest BCUT2D eigenvalue weighted by Crippen LogP contribution is 2.32. The van der Waals surface area contributed by atoms with Gasteiger partial charge in [0.2, 0.25) is 11.8 Å². The fraction of sp³-hybridized carbons (Fsp3) is 0.414. The van der Waals surface area contributed by atoms with E-state index in [0.717, 1.165) is 54.0 Å². The second-order valence-electron chi connectivity index (χ2n) is 9.56. The zero-order chi connectivity index (χ0) is 26.9. The number of likely N-dealkylation sites (tertiary alicyclic amines) is 1. The van der Waals surface area contributed by atoms with Crippen LogP contribution in [0.2, 0.25) is 0 Å². The van der Waals surface area contributed by atoms with E-state index in [4.69, 9.17) is 15.2 Å². The molecule has 0 unspecified atom stereocenters. The van der Waals surface area contributed by atoms with Gasteiger partial charge in [-0.15, -0.1) is 0 Å². The van der Waals surface area contributed by atoms with Crippen molar-refractivity contribution >= 4 is 11.8 Å². The summed E-state index contributed by atoms with van der Waals surface area (Å²) in [6.07, 6.45) is 7.37. The van der Waals surface area contributed by atoms with Gasteiger partial charge >= 0.3 is 0 Å². The predicted molar refractivity (Wildman–Crippen MR) is 145 cm³/mol. The van der Waals surface area contributed by atoms with Gasteiger partial charge in [-0.3, -0.25) is 9.59 Å². The van der Waals surface area contributed by atoms with Gasteiger partial charge in [0, 0.05) is 30.9 Å². The molecule has 202 valence electrons. The van der Waals surface area contributed by atoms with Crippen LogP contribution < -0.4 is 20.5 Å². The van der Waals surface area contributed by atoms with Gasteiger partial charge in [-0.1, -0.05) is 24.3 Å². The maximum absolute atomic E-state index is 13.9. The van der Waals surface area contributed by atoms with Crippen LogP contribution in [-0.4, -0.2) is 66.1 Å². The Bertz CT molecular complexity index is 1120. The van der Waals surface area contributed by atoms with Crippen molar-refractivity contribution in [1.29, 1.82) is 0 Å². The molecule has 2 heterocycles. The number of hydrogen-bond acceptors (Lipinski definition) is 6. The molecule has 0 bridgehead atoms. The van der Waals surface area contributed by atoms with Crippen LogP contribution in [-0.2, 0) is 16.0 Å². The van der Waals surface area contributed by atoms with E-state index in [9.17, 15) is 9.59 Å². The third-order valence-electron chi connectivity index (χ3n) is 7.16. The number of aromatic nitrogens is 2. The number of methoxy groups -OCH3 is 2. The Labute approximate surface area is 223 Å². The zero-order valence-corrected chi connectivity index (χ0v) is 22.1. The number of carbonyl (C=O) groups excluding carboxylic acids is 2. The highest BCUT2D eigenvalue weighted by atomic mass is 16.5. The monoisotopic (exact) mass is 519 g/mol. The first kappa shape index (κ1) is 27.2. The standard InChI is InChI=1S/C29H37N5O4/c1-37-23-12-8-20(9-13-23)26(21-10-14-24(38-2)15-11-21)27(30)29(36)34-17-4-3-7-25(34)28(35)32-16-5-6-22-18-31-19-33-22/h8-15,18-19,25-27H,3-7,16-17,30H2,1-2H3,(H,31,33)(H,32,35)/t25-,27+/m0/s1. The molecule has 2 aromatic carbocycles. The predicted octanol–water partition coefficient (Wildman–Crippen LogP) is 3.02. The zero-order valence-electron chi connectivity index (χ0n) is 22.1. The van der Waals surface area contributed by atoms with Gasteiger partial charge < -0.3 is 30.4 Å². The summed E-state index contributed by atoms with van der Waals surface area (Å²) in [5.74, 6) is 0.698. The maximum Gasteiger partial charge on any atom is 0.242 e. The lowest BCUT2D eigenvalue weighted by Gasteiger charge is -2.38. The number of ether oxygens (including phenoxy) is 2. The molecular formula is C29H37N5O4. The Hall–Kier alpha value is -3.85. The first-order chi connectivity index (χ1) is 18.5. The summed E-state index contributed by atoms with van der Waals surface area (Å²) >= 11 is 0. The molecule has 2 atom stereocenters. The third-order valence-corrected chi connectivity index (χ3v) is 7.16. The quantitative estimate of drug-likeness (QED) is 0.335. The van der Waals surface area contributed by atoms with Gasteiger partial charge in [0.1, 0.15) is 17.5 Å². The van der Waals surface area contributed by atoms with Crippen LogP contribution in [0.4, 0.5) is 0 Å². The summed E-state index contributed by atoms with van der Waals surface area (Å²) in [5, 5.41) is 3.02. The van der Waals surface area contributed by atoms with Gasteiger partial charge in [0.15, 0.2) is 0 Å². The van der Waals surface area contributed by atoms with Crippen LogP contribution in [0.25, 0.3) is 0 Å². The van der Waals surface area contributed by atoms with Crippen molar-refractivity contribution < 1.29 is 19.1 Å². The van der Waals surface area contributed by atoms with Gasteiger partial charge in [-0.25, -0.2) is 4.98 Å². The number of aromatic amines is 1. The molecule has 4 rings (SSSR count). The van der Waals surface area contributed by atoms with Gasteiger partial charge in [-0.2, -0.15) is 0 Å². The lowest BCUT2D eigenvalue weighted by atomic mass is 9.84. The molecule has 2 amide bonds. The second kappa shape index (κ2) is 13.1. The molecule has 4 N–H and O–H groups in total. The minimum absolute atomic E-state index is 0.125. The Balaban J connectivity index is 1.50. The summed E-state index contributed by atoms with van der Waals surface area (Å²) in [6.45, 7) is 1.04. The van der Waals surface area contributed by atoms with E-state index in [0.29, 0.717) is 19.5 Å². The van der Waals surface area contributed by atoms with Crippen LogP contribution >= 0.6 is 0 Å². The van der Waals surface area contributed by atoms with Crippen LogP contribution in [0.15, 0.2) is 61.1 Å². The minimum Gasteiger partial charge on any atom is -0.497 e. The average molecular weight is 520 g/mol. The molecule has 0 spiro atoms. The number of amides is 2.